The summed E-state index contributed by atoms with van der Waals surface area (Å²) in [6, 6.07) is 1.72. The zero-order valence-corrected chi connectivity index (χ0v) is 10.8. The van der Waals surface area contributed by atoms with Crippen LogP contribution in [0.1, 0.15) is 29.9 Å². The molecule has 2 rings (SSSR count). The van der Waals surface area contributed by atoms with Gasteiger partial charge in [-0.3, -0.25) is 0 Å². The average molecular weight is 258 g/mol. The summed E-state index contributed by atoms with van der Waals surface area (Å²) in [6.07, 6.45) is 5.16. The van der Waals surface area contributed by atoms with E-state index >= 15 is 0 Å². The van der Waals surface area contributed by atoms with E-state index in [0.29, 0.717) is 35.8 Å². The van der Waals surface area contributed by atoms with Crippen LogP contribution in [-0.2, 0) is 11.2 Å². The normalized spacial score (nSPS) is 10.2. The van der Waals surface area contributed by atoms with E-state index in [9.17, 15) is 4.79 Å². The molecule has 0 aliphatic rings. The second-order valence-corrected chi connectivity index (χ2v) is 3.72. The van der Waals surface area contributed by atoms with E-state index in [4.69, 9.17) is 4.74 Å². The van der Waals surface area contributed by atoms with Gasteiger partial charge in [0.25, 0.3) is 0 Å². The molecular weight excluding hydrogens is 244 g/mol. The highest BCUT2D eigenvalue weighted by molar-refractivity contribution is 5.90. The topological polar surface area (TPSA) is 77.9 Å². The lowest BCUT2D eigenvalue weighted by Crippen LogP contribution is -2.11. The van der Waals surface area contributed by atoms with E-state index in [0.717, 1.165) is 0 Å². The molecular formula is C13H14N4O2. The predicted molar refractivity (Wildman–Crippen MR) is 68.4 cm³/mol. The van der Waals surface area contributed by atoms with Crippen molar-refractivity contribution in [3.63, 3.8) is 0 Å². The van der Waals surface area contributed by atoms with Crippen molar-refractivity contribution in [2.75, 3.05) is 6.61 Å². The van der Waals surface area contributed by atoms with Crippen molar-refractivity contribution in [2.24, 2.45) is 0 Å². The Balaban J connectivity index is 2.39. The SMILES string of the molecule is CCOC(=O)c1cnc(-c2ccncn2)nc1CC. The first-order valence-corrected chi connectivity index (χ1v) is 6.05. The van der Waals surface area contributed by atoms with Crippen LogP contribution in [0.3, 0.4) is 0 Å². The second-order valence-electron chi connectivity index (χ2n) is 3.72. The summed E-state index contributed by atoms with van der Waals surface area (Å²) in [5.74, 6) is 0.0842. The Morgan fingerprint density at radius 3 is 2.79 bits per heavy atom. The van der Waals surface area contributed by atoms with Crippen LogP contribution in [0.4, 0.5) is 0 Å². The van der Waals surface area contributed by atoms with Crippen molar-refractivity contribution in [2.45, 2.75) is 20.3 Å². The summed E-state index contributed by atoms with van der Waals surface area (Å²) in [6.45, 7) is 4.02. The quantitative estimate of drug-likeness (QED) is 0.776. The highest BCUT2D eigenvalue weighted by Gasteiger charge is 2.15. The summed E-state index contributed by atoms with van der Waals surface area (Å²) in [4.78, 5) is 28.2. The first-order chi connectivity index (χ1) is 9.26. The van der Waals surface area contributed by atoms with Crippen LogP contribution in [0.25, 0.3) is 11.5 Å². The van der Waals surface area contributed by atoms with Gasteiger partial charge in [0.15, 0.2) is 5.82 Å². The number of ether oxygens (including phenoxy) is 1. The zero-order valence-electron chi connectivity index (χ0n) is 10.8. The Morgan fingerprint density at radius 2 is 2.16 bits per heavy atom. The Labute approximate surface area is 110 Å². The average Bonchev–Trinajstić information content (AvgIpc) is 2.47. The van der Waals surface area contributed by atoms with Gasteiger partial charge in [-0.05, 0) is 19.4 Å². The Hall–Kier alpha value is -2.37. The first kappa shape index (κ1) is 13.1. The van der Waals surface area contributed by atoms with E-state index < -0.39 is 5.97 Å². The number of rotatable bonds is 4. The Morgan fingerprint density at radius 1 is 1.32 bits per heavy atom. The summed E-state index contributed by atoms with van der Waals surface area (Å²) in [7, 11) is 0. The molecule has 0 fully saturated rings. The largest absolute Gasteiger partial charge is 0.462 e. The molecule has 0 atom stereocenters. The lowest BCUT2D eigenvalue weighted by molar-refractivity contribution is 0.0524. The molecule has 6 nitrogen and oxygen atoms in total. The Bertz CT molecular complexity index is 572. The second kappa shape index (κ2) is 5.99. The van der Waals surface area contributed by atoms with E-state index in [1.165, 1.54) is 12.5 Å². The number of carbonyl (C=O) groups excluding carboxylic acids is 1. The van der Waals surface area contributed by atoms with Crippen LogP contribution in [-0.4, -0.2) is 32.5 Å². The number of aryl methyl sites for hydroxylation is 1. The van der Waals surface area contributed by atoms with Crippen LogP contribution in [0, 0.1) is 0 Å². The van der Waals surface area contributed by atoms with Gasteiger partial charge in [-0.25, -0.2) is 24.7 Å². The third-order valence-electron chi connectivity index (χ3n) is 2.51. The standard InChI is InChI=1S/C13H14N4O2/c1-3-10-9(13(18)19-4-2)7-15-12(17-10)11-5-6-14-8-16-11/h5-8H,3-4H2,1-2H3. The molecule has 98 valence electrons. The maximum atomic E-state index is 11.7. The van der Waals surface area contributed by atoms with Gasteiger partial charge in [0, 0.05) is 12.4 Å². The molecule has 0 amide bonds. The molecule has 0 aliphatic carbocycles. The summed E-state index contributed by atoms with van der Waals surface area (Å²) in [5.41, 5.74) is 1.68. The fraction of sp³-hybridized carbons (Fsp3) is 0.308. The molecule has 0 saturated carbocycles. The molecule has 0 aliphatic heterocycles. The maximum absolute atomic E-state index is 11.7. The highest BCUT2D eigenvalue weighted by atomic mass is 16.5. The number of aromatic nitrogens is 4. The molecule has 0 bridgehead atoms. The minimum atomic E-state index is -0.395. The maximum Gasteiger partial charge on any atom is 0.341 e. The monoisotopic (exact) mass is 258 g/mol. The van der Waals surface area contributed by atoms with Gasteiger partial charge >= 0.3 is 5.97 Å². The van der Waals surface area contributed by atoms with Gasteiger partial charge < -0.3 is 4.74 Å². The number of nitrogens with zero attached hydrogens (tertiary/aromatic N) is 4. The van der Waals surface area contributed by atoms with Gasteiger partial charge in [-0.15, -0.1) is 0 Å². The lowest BCUT2D eigenvalue weighted by atomic mass is 10.2. The number of carbonyl (C=O) groups is 1. The summed E-state index contributed by atoms with van der Waals surface area (Å²) < 4.78 is 4.97. The van der Waals surface area contributed by atoms with Crippen molar-refractivity contribution in [1.82, 2.24) is 19.9 Å². The molecule has 6 heteroatoms. The Kier molecular flexibility index (Phi) is 4.12. The van der Waals surface area contributed by atoms with Gasteiger partial charge in [0.05, 0.1) is 17.9 Å². The van der Waals surface area contributed by atoms with Crippen LogP contribution in [0.5, 0.6) is 0 Å². The van der Waals surface area contributed by atoms with Crippen LogP contribution < -0.4 is 0 Å². The smallest absolute Gasteiger partial charge is 0.341 e. The molecule has 0 saturated heterocycles. The van der Waals surface area contributed by atoms with Crippen LogP contribution in [0.15, 0.2) is 24.8 Å². The van der Waals surface area contributed by atoms with Crippen LogP contribution >= 0.6 is 0 Å². The van der Waals surface area contributed by atoms with Gasteiger partial charge in [-0.1, -0.05) is 6.92 Å². The molecule has 0 unspecified atom stereocenters. The minimum Gasteiger partial charge on any atom is -0.462 e. The molecule has 2 heterocycles. The van der Waals surface area contributed by atoms with Crippen molar-refractivity contribution in [3.05, 3.63) is 36.0 Å². The molecule has 0 N–H and O–H groups in total. The van der Waals surface area contributed by atoms with Gasteiger partial charge in [0.1, 0.15) is 12.0 Å². The summed E-state index contributed by atoms with van der Waals surface area (Å²) >= 11 is 0. The third kappa shape index (κ3) is 2.90. The fourth-order valence-electron chi connectivity index (χ4n) is 1.61. The van der Waals surface area contributed by atoms with E-state index in [-0.39, 0.29) is 0 Å². The van der Waals surface area contributed by atoms with Crippen molar-refractivity contribution in [3.8, 4) is 11.5 Å². The van der Waals surface area contributed by atoms with E-state index in [1.807, 2.05) is 6.92 Å². The third-order valence-corrected chi connectivity index (χ3v) is 2.51. The van der Waals surface area contributed by atoms with Crippen molar-refractivity contribution in [1.29, 1.82) is 0 Å². The predicted octanol–water partition coefficient (Wildman–Crippen LogP) is 1.67. The first-order valence-electron chi connectivity index (χ1n) is 6.05. The molecule has 19 heavy (non-hydrogen) atoms. The number of hydrogen-bond acceptors (Lipinski definition) is 6. The highest BCUT2D eigenvalue weighted by Crippen LogP contribution is 2.14. The van der Waals surface area contributed by atoms with Crippen molar-refractivity contribution < 1.29 is 9.53 Å². The molecule has 2 aromatic rings. The fourth-order valence-corrected chi connectivity index (χ4v) is 1.61. The minimum absolute atomic E-state index is 0.329. The summed E-state index contributed by atoms with van der Waals surface area (Å²) in [5, 5.41) is 0. The molecule has 2 aromatic heterocycles. The number of esters is 1. The van der Waals surface area contributed by atoms with Crippen LogP contribution in [0.2, 0.25) is 0 Å². The van der Waals surface area contributed by atoms with E-state index in [1.54, 1.807) is 19.2 Å². The molecule has 0 radical (unpaired) electrons. The lowest BCUT2D eigenvalue weighted by Gasteiger charge is -2.07. The van der Waals surface area contributed by atoms with Gasteiger partial charge in [-0.2, -0.15) is 0 Å². The van der Waals surface area contributed by atoms with Crippen molar-refractivity contribution >= 4 is 5.97 Å². The molecule has 0 aromatic carbocycles. The van der Waals surface area contributed by atoms with Gasteiger partial charge in [0.2, 0.25) is 0 Å². The zero-order chi connectivity index (χ0) is 13.7. The number of hydrogen-bond donors (Lipinski definition) is 0. The van der Waals surface area contributed by atoms with E-state index in [2.05, 4.69) is 19.9 Å². The molecule has 0 spiro atoms.